The molecule has 0 spiro atoms. The molecule has 0 N–H and O–H groups in total. The van der Waals surface area contributed by atoms with E-state index in [-0.39, 0.29) is 20.2 Å². The lowest BCUT2D eigenvalue weighted by molar-refractivity contribution is 0.213. The molecular formula is C31H50O3Si2. The topological polar surface area (TPSA) is 27.7 Å². The van der Waals surface area contributed by atoms with Gasteiger partial charge in [-0.2, -0.15) is 0 Å². The lowest BCUT2D eigenvalue weighted by Crippen LogP contribution is -2.72. The van der Waals surface area contributed by atoms with Crippen molar-refractivity contribution in [2.24, 2.45) is 0 Å². The lowest BCUT2D eigenvalue weighted by Gasteiger charge is -2.58. The van der Waals surface area contributed by atoms with E-state index >= 15 is 0 Å². The first-order valence-electron chi connectivity index (χ1n) is 13.4. The Hall–Kier alpha value is -1.57. The molecule has 0 atom stereocenters. The van der Waals surface area contributed by atoms with Crippen LogP contribution in [0, 0.1) is 13.8 Å². The second kappa shape index (κ2) is 9.02. The van der Waals surface area contributed by atoms with Crippen molar-refractivity contribution < 1.29 is 13.0 Å². The molecule has 36 heavy (non-hydrogen) atoms. The molecule has 0 amide bonds. The van der Waals surface area contributed by atoms with Crippen molar-refractivity contribution in [1.82, 2.24) is 0 Å². The first-order chi connectivity index (χ1) is 16.1. The first kappa shape index (κ1) is 29.0. The molecule has 1 aliphatic heterocycles. The molecule has 1 aliphatic rings. The molecule has 0 saturated carbocycles. The van der Waals surface area contributed by atoms with Crippen LogP contribution in [0.4, 0.5) is 0 Å². The summed E-state index contributed by atoms with van der Waals surface area (Å²) in [5.41, 5.74) is 4.86. The number of hydrogen-bond acceptors (Lipinski definition) is 3. The Morgan fingerprint density at radius 1 is 0.528 bits per heavy atom. The average molecular weight is 527 g/mol. The molecule has 0 aliphatic carbocycles. The summed E-state index contributed by atoms with van der Waals surface area (Å²) in [6.07, 6.45) is 0.769. The van der Waals surface area contributed by atoms with Crippen LogP contribution in [0.5, 0.6) is 11.5 Å². The van der Waals surface area contributed by atoms with Gasteiger partial charge in [-0.05, 0) is 37.1 Å². The van der Waals surface area contributed by atoms with Gasteiger partial charge in [0.25, 0.3) is 0 Å². The van der Waals surface area contributed by atoms with Crippen molar-refractivity contribution in [3.8, 4) is 11.5 Å². The maximum atomic E-state index is 7.87. The molecule has 2 aromatic rings. The molecule has 0 aromatic heterocycles. The summed E-state index contributed by atoms with van der Waals surface area (Å²) < 4.78 is 22.7. The van der Waals surface area contributed by atoms with Crippen LogP contribution in [-0.4, -0.2) is 17.1 Å². The molecule has 2 aromatic carbocycles. The maximum absolute atomic E-state index is 7.87. The number of aryl methyl sites for hydroxylation is 2. The fraction of sp³-hybridized carbons (Fsp3) is 0.613. The van der Waals surface area contributed by atoms with E-state index in [4.69, 9.17) is 13.0 Å². The first-order valence-corrected chi connectivity index (χ1v) is 17.0. The van der Waals surface area contributed by atoms with Crippen LogP contribution in [0.1, 0.15) is 105 Å². The third-order valence-electron chi connectivity index (χ3n) is 7.56. The van der Waals surface area contributed by atoms with Crippen molar-refractivity contribution in [1.29, 1.82) is 0 Å². The van der Waals surface area contributed by atoms with E-state index in [0.29, 0.717) is 0 Å². The zero-order valence-electron chi connectivity index (χ0n) is 25.4. The third kappa shape index (κ3) is 4.95. The standard InChI is InChI=1S/C31H50O3Si2/c1-22-15-17-26-24(19-22)21-25-20-23(2)16-18-27(25)33-36(30(9,10)11,31(12,13)14)34-35(32-26,28(3,4)5)29(6,7)8/h15-20H,21H2,1-14H3. The predicted octanol–water partition coefficient (Wildman–Crippen LogP) is 9.77. The SMILES string of the molecule is Cc1ccc2c(c1)Cc1cc(C)ccc1O[Si](C(C)(C)C)(C(C)(C)C)O[Si](C(C)(C)C)(C(C)(C)C)O2. The van der Waals surface area contributed by atoms with Gasteiger partial charge in [0.2, 0.25) is 0 Å². The fourth-order valence-electron chi connectivity index (χ4n) is 6.13. The van der Waals surface area contributed by atoms with Gasteiger partial charge in [0, 0.05) is 26.6 Å². The average Bonchev–Trinajstić information content (AvgIpc) is 2.66. The zero-order valence-corrected chi connectivity index (χ0v) is 27.4. The van der Waals surface area contributed by atoms with Gasteiger partial charge in [-0.15, -0.1) is 0 Å². The van der Waals surface area contributed by atoms with E-state index in [1.165, 1.54) is 22.3 Å². The summed E-state index contributed by atoms with van der Waals surface area (Å²) in [5, 5.41) is -0.830. The normalized spacial score (nSPS) is 18.4. The van der Waals surface area contributed by atoms with E-state index in [9.17, 15) is 0 Å². The fourth-order valence-corrected chi connectivity index (χ4v) is 19.7. The third-order valence-corrected chi connectivity index (χ3v) is 18.8. The highest BCUT2D eigenvalue weighted by atomic mass is 28.5. The molecule has 200 valence electrons. The number of hydrogen-bond donors (Lipinski definition) is 0. The Morgan fingerprint density at radius 3 is 1.11 bits per heavy atom. The Bertz CT molecular complexity index is 993. The highest BCUT2D eigenvalue weighted by molar-refractivity contribution is 6.87. The van der Waals surface area contributed by atoms with Gasteiger partial charge >= 0.3 is 17.1 Å². The Labute approximate surface area is 223 Å². The molecule has 1 heterocycles. The summed E-state index contributed by atoms with van der Waals surface area (Å²) in [6, 6.07) is 13.2. The van der Waals surface area contributed by atoms with E-state index in [2.05, 4.69) is 133 Å². The van der Waals surface area contributed by atoms with Crippen LogP contribution in [0.3, 0.4) is 0 Å². The van der Waals surface area contributed by atoms with Crippen molar-refractivity contribution in [2.45, 2.75) is 124 Å². The molecule has 3 rings (SSSR count). The van der Waals surface area contributed by atoms with Gasteiger partial charge in [0.15, 0.2) is 0 Å². The van der Waals surface area contributed by atoms with Crippen LogP contribution >= 0.6 is 0 Å². The second-order valence-corrected chi connectivity index (χ2v) is 24.6. The molecule has 0 bridgehead atoms. The van der Waals surface area contributed by atoms with Gasteiger partial charge in [-0.3, -0.25) is 0 Å². The Morgan fingerprint density at radius 2 is 0.833 bits per heavy atom. The van der Waals surface area contributed by atoms with Crippen LogP contribution in [0.15, 0.2) is 36.4 Å². The zero-order chi connectivity index (χ0) is 27.5. The number of rotatable bonds is 0. The van der Waals surface area contributed by atoms with Gasteiger partial charge < -0.3 is 13.0 Å². The minimum Gasteiger partial charge on any atom is -0.520 e. The van der Waals surface area contributed by atoms with Gasteiger partial charge in [0.1, 0.15) is 11.5 Å². The van der Waals surface area contributed by atoms with Crippen LogP contribution in [0.25, 0.3) is 0 Å². The molecular weight excluding hydrogens is 477 g/mol. The summed E-state index contributed by atoms with van der Waals surface area (Å²) in [4.78, 5) is 0. The Balaban J connectivity index is 2.50. The van der Waals surface area contributed by atoms with E-state index in [1.54, 1.807) is 0 Å². The summed E-state index contributed by atoms with van der Waals surface area (Å²) >= 11 is 0. The summed E-state index contributed by atoms with van der Waals surface area (Å²) in [7, 11) is -6.08. The predicted molar refractivity (Wildman–Crippen MR) is 158 cm³/mol. The van der Waals surface area contributed by atoms with E-state index < -0.39 is 17.1 Å². The van der Waals surface area contributed by atoms with Crippen molar-refractivity contribution in [2.75, 3.05) is 0 Å². The number of fused-ring (bicyclic) bond motifs is 2. The number of benzene rings is 2. The Kier molecular flexibility index (Phi) is 7.27. The monoisotopic (exact) mass is 526 g/mol. The minimum absolute atomic E-state index is 0.208. The van der Waals surface area contributed by atoms with Crippen molar-refractivity contribution in [3.63, 3.8) is 0 Å². The lowest BCUT2D eigenvalue weighted by atomic mass is 10.00. The van der Waals surface area contributed by atoms with Crippen LogP contribution < -0.4 is 8.85 Å². The van der Waals surface area contributed by atoms with Gasteiger partial charge in [-0.1, -0.05) is 118 Å². The van der Waals surface area contributed by atoms with Crippen molar-refractivity contribution >= 4 is 17.1 Å². The van der Waals surface area contributed by atoms with Crippen LogP contribution in [-0.2, 0) is 10.5 Å². The van der Waals surface area contributed by atoms with E-state index in [1.807, 2.05) is 0 Å². The van der Waals surface area contributed by atoms with Crippen molar-refractivity contribution in [3.05, 3.63) is 58.7 Å². The highest BCUT2D eigenvalue weighted by Crippen LogP contribution is 2.60. The second-order valence-electron chi connectivity index (χ2n) is 14.9. The smallest absolute Gasteiger partial charge is 0.402 e. The van der Waals surface area contributed by atoms with Gasteiger partial charge in [-0.25, -0.2) is 0 Å². The molecule has 0 radical (unpaired) electrons. The quantitative estimate of drug-likeness (QED) is 0.320. The van der Waals surface area contributed by atoms with E-state index in [0.717, 1.165) is 17.9 Å². The molecule has 0 saturated heterocycles. The summed E-state index contributed by atoms with van der Waals surface area (Å²) in [5.74, 6) is 1.91. The maximum Gasteiger partial charge on any atom is 0.402 e. The van der Waals surface area contributed by atoms with Gasteiger partial charge in [0.05, 0.1) is 0 Å². The molecule has 0 fully saturated rings. The molecule has 5 heteroatoms. The minimum atomic E-state index is -3.04. The molecule has 0 unspecified atom stereocenters. The highest BCUT2D eigenvalue weighted by Gasteiger charge is 2.70. The summed E-state index contributed by atoms with van der Waals surface area (Å²) in [6.45, 7) is 31.9. The molecule has 3 nitrogen and oxygen atoms in total. The van der Waals surface area contributed by atoms with Crippen LogP contribution in [0.2, 0.25) is 20.2 Å². The largest absolute Gasteiger partial charge is 0.520 e.